The number of amides is 1. The van der Waals surface area contributed by atoms with Crippen molar-refractivity contribution in [3.63, 3.8) is 0 Å². The Labute approximate surface area is 165 Å². The van der Waals surface area contributed by atoms with Gasteiger partial charge in [0.15, 0.2) is 0 Å². The predicted octanol–water partition coefficient (Wildman–Crippen LogP) is 3.01. The molecule has 0 saturated carbocycles. The lowest BCUT2D eigenvalue weighted by atomic mass is 10.0. The Balaban J connectivity index is 1.66. The van der Waals surface area contributed by atoms with Crippen molar-refractivity contribution in [2.24, 2.45) is 0 Å². The van der Waals surface area contributed by atoms with E-state index in [4.69, 9.17) is 0 Å². The summed E-state index contributed by atoms with van der Waals surface area (Å²) < 4.78 is 49.5. The van der Waals surface area contributed by atoms with Crippen molar-refractivity contribution in [2.75, 3.05) is 11.9 Å². The SMILES string of the molecule is O=C(Nc1cccc(F)c1)[C@H]1CCCCN1S(=O)(=O)c1cccc2nsnc12. The number of piperidine rings is 1. The van der Waals surface area contributed by atoms with Crippen molar-refractivity contribution < 1.29 is 17.6 Å². The molecule has 3 aromatic rings. The molecule has 10 heteroatoms. The maximum absolute atomic E-state index is 13.4. The molecule has 7 nitrogen and oxygen atoms in total. The number of benzene rings is 2. The number of nitrogens with one attached hydrogen (secondary N) is 1. The van der Waals surface area contributed by atoms with Crippen molar-refractivity contribution in [2.45, 2.75) is 30.2 Å². The highest BCUT2D eigenvalue weighted by Crippen LogP contribution is 2.30. The summed E-state index contributed by atoms with van der Waals surface area (Å²) >= 11 is 0.942. The van der Waals surface area contributed by atoms with Gasteiger partial charge in [-0.25, -0.2) is 12.8 Å². The van der Waals surface area contributed by atoms with E-state index in [0.29, 0.717) is 29.6 Å². The molecule has 0 unspecified atom stereocenters. The standard InChI is InChI=1S/C18H17FN4O3S2/c19-12-5-3-6-13(11-12)20-18(24)15-8-1-2-10-23(15)28(25,26)16-9-4-7-14-17(16)22-27-21-14/h3-7,9,11,15H,1-2,8,10H2,(H,20,24)/t15-/m1/s1. The minimum Gasteiger partial charge on any atom is -0.325 e. The van der Waals surface area contributed by atoms with E-state index in [1.807, 2.05) is 0 Å². The summed E-state index contributed by atoms with van der Waals surface area (Å²) in [5.41, 5.74) is 1.10. The normalized spacial score (nSPS) is 18.2. The van der Waals surface area contributed by atoms with Crippen LogP contribution in [0, 0.1) is 5.82 Å². The van der Waals surface area contributed by atoms with Gasteiger partial charge >= 0.3 is 0 Å². The number of hydrogen-bond acceptors (Lipinski definition) is 6. The number of anilines is 1. The van der Waals surface area contributed by atoms with Gasteiger partial charge in [-0.3, -0.25) is 4.79 Å². The first kappa shape index (κ1) is 18.9. The first-order chi connectivity index (χ1) is 13.5. The van der Waals surface area contributed by atoms with Gasteiger partial charge in [-0.2, -0.15) is 13.1 Å². The van der Waals surface area contributed by atoms with E-state index in [1.165, 1.54) is 28.6 Å². The topological polar surface area (TPSA) is 92.3 Å². The van der Waals surface area contributed by atoms with Gasteiger partial charge in [-0.1, -0.05) is 18.6 Å². The first-order valence-electron chi connectivity index (χ1n) is 8.76. The molecule has 1 atom stereocenters. The number of carbonyl (C=O) groups excluding carboxylic acids is 1. The van der Waals surface area contributed by atoms with Crippen molar-refractivity contribution in [1.82, 2.24) is 13.1 Å². The maximum atomic E-state index is 13.4. The van der Waals surface area contributed by atoms with E-state index in [9.17, 15) is 17.6 Å². The van der Waals surface area contributed by atoms with Crippen LogP contribution in [0.15, 0.2) is 47.4 Å². The van der Waals surface area contributed by atoms with E-state index in [2.05, 4.69) is 14.1 Å². The Morgan fingerprint density at radius 1 is 1.18 bits per heavy atom. The number of sulfonamides is 1. The maximum Gasteiger partial charge on any atom is 0.246 e. The molecule has 0 bridgehead atoms. The van der Waals surface area contributed by atoms with Crippen LogP contribution in [0.25, 0.3) is 11.0 Å². The zero-order valence-corrected chi connectivity index (χ0v) is 16.3. The van der Waals surface area contributed by atoms with Crippen molar-refractivity contribution in [3.05, 3.63) is 48.3 Å². The molecule has 1 aliphatic heterocycles. The van der Waals surface area contributed by atoms with Crippen LogP contribution >= 0.6 is 11.7 Å². The van der Waals surface area contributed by atoms with Gasteiger partial charge in [0.25, 0.3) is 0 Å². The molecule has 4 rings (SSSR count). The first-order valence-corrected chi connectivity index (χ1v) is 10.9. The molecule has 1 aromatic heterocycles. The van der Waals surface area contributed by atoms with Crippen LogP contribution in [0.5, 0.6) is 0 Å². The second-order valence-electron chi connectivity index (χ2n) is 6.52. The average Bonchev–Trinajstić information content (AvgIpc) is 3.16. The van der Waals surface area contributed by atoms with Gasteiger partial charge in [-0.15, -0.1) is 0 Å². The summed E-state index contributed by atoms with van der Waals surface area (Å²) in [6, 6.07) is 9.43. The third kappa shape index (κ3) is 3.50. The van der Waals surface area contributed by atoms with Crippen molar-refractivity contribution in [1.29, 1.82) is 0 Å². The highest BCUT2D eigenvalue weighted by Gasteiger charge is 2.38. The van der Waals surface area contributed by atoms with E-state index in [-0.39, 0.29) is 11.4 Å². The van der Waals surface area contributed by atoms with E-state index in [1.54, 1.807) is 18.2 Å². The summed E-state index contributed by atoms with van der Waals surface area (Å²) in [5, 5.41) is 2.63. The summed E-state index contributed by atoms with van der Waals surface area (Å²) in [5.74, 6) is -0.953. The smallest absolute Gasteiger partial charge is 0.246 e. The molecule has 0 aliphatic carbocycles. The molecule has 1 saturated heterocycles. The highest BCUT2D eigenvalue weighted by molar-refractivity contribution is 7.89. The van der Waals surface area contributed by atoms with E-state index < -0.39 is 27.8 Å². The Bertz CT molecular complexity index is 1130. The fourth-order valence-corrected chi connectivity index (χ4v) is 5.77. The lowest BCUT2D eigenvalue weighted by molar-refractivity contribution is -0.120. The van der Waals surface area contributed by atoms with Gasteiger partial charge in [-0.05, 0) is 43.2 Å². The molecule has 146 valence electrons. The number of fused-ring (bicyclic) bond motifs is 1. The molecule has 0 spiro atoms. The second kappa shape index (κ2) is 7.53. The van der Waals surface area contributed by atoms with E-state index >= 15 is 0 Å². The monoisotopic (exact) mass is 420 g/mol. The number of halogens is 1. The minimum absolute atomic E-state index is 0.0456. The van der Waals surface area contributed by atoms with Crippen LogP contribution in [0.1, 0.15) is 19.3 Å². The van der Waals surface area contributed by atoms with Crippen molar-refractivity contribution >= 4 is 44.4 Å². The summed E-state index contributed by atoms with van der Waals surface area (Å²) in [4.78, 5) is 12.9. The fourth-order valence-electron chi connectivity index (χ4n) is 3.36. The predicted molar refractivity (Wildman–Crippen MR) is 104 cm³/mol. The summed E-state index contributed by atoms with van der Waals surface area (Å²) in [6.45, 7) is 0.234. The van der Waals surface area contributed by atoms with Gasteiger partial charge in [0.1, 0.15) is 27.8 Å². The molecular formula is C18H17FN4O3S2. The van der Waals surface area contributed by atoms with Crippen molar-refractivity contribution in [3.8, 4) is 0 Å². The van der Waals surface area contributed by atoms with Gasteiger partial charge in [0, 0.05) is 12.2 Å². The molecule has 0 radical (unpaired) electrons. The van der Waals surface area contributed by atoms with Gasteiger partial charge in [0.05, 0.1) is 11.7 Å². The van der Waals surface area contributed by atoms with Gasteiger partial charge < -0.3 is 5.32 Å². The zero-order chi connectivity index (χ0) is 19.7. The molecular weight excluding hydrogens is 403 g/mol. The third-order valence-corrected chi connectivity index (χ3v) is 7.17. The van der Waals surface area contributed by atoms with Crippen LogP contribution in [0.2, 0.25) is 0 Å². The van der Waals surface area contributed by atoms with Crippen LogP contribution < -0.4 is 5.32 Å². The third-order valence-electron chi connectivity index (χ3n) is 4.68. The lowest BCUT2D eigenvalue weighted by Crippen LogP contribution is -2.49. The fraction of sp³-hybridized carbons (Fsp3) is 0.278. The lowest BCUT2D eigenvalue weighted by Gasteiger charge is -2.33. The average molecular weight is 420 g/mol. The van der Waals surface area contributed by atoms with Crippen LogP contribution in [0.3, 0.4) is 0 Å². The Morgan fingerprint density at radius 2 is 2.00 bits per heavy atom. The van der Waals surface area contributed by atoms with Crippen LogP contribution in [0.4, 0.5) is 10.1 Å². The number of nitrogens with zero attached hydrogens (tertiary/aromatic N) is 3. The minimum atomic E-state index is -3.95. The van der Waals surface area contributed by atoms with E-state index in [0.717, 1.165) is 18.1 Å². The molecule has 1 fully saturated rings. The van der Waals surface area contributed by atoms with Crippen LogP contribution in [-0.2, 0) is 14.8 Å². The number of aromatic nitrogens is 2. The highest BCUT2D eigenvalue weighted by atomic mass is 32.2. The second-order valence-corrected chi connectivity index (χ2v) is 8.90. The number of rotatable bonds is 4. The molecule has 28 heavy (non-hydrogen) atoms. The molecule has 2 heterocycles. The Kier molecular flexibility index (Phi) is 5.09. The Morgan fingerprint density at radius 3 is 2.82 bits per heavy atom. The van der Waals surface area contributed by atoms with Crippen LogP contribution in [-0.4, -0.2) is 40.0 Å². The molecule has 1 aliphatic rings. The quantitative estimate of drug-likeness (QED) is 0.700. The Hall–Kier alpha value is -2.43. The zero-order valence-electron chi connectivity index (χ0n) is 14.7. The number of hydrogen-bond donors (Lipinski definition) is 1. The number of carbonyl (C=O) groups is 1. The molecule has 1 N–H and O–H groups in total. The summed E-state index contributed by atoms with van der Waals surface area (Å²) in [7, 11) is -3.95. The summed E-state index contributed by atoms with van der Waals surface area (Å²) in [6.07, 6.45) is 1.79. The largest absolute Gasteiger partial charge is 0.325 e. The molecule has 2 aromatic carbocycles. The van der Waals surface area contributed by atoms with Gasteiger partial charge in [0.2, 0.25) is 15.9 Å². The molecule has 1 amide bonds.